The third-order valence-electron chi connectivity index (χ3n) is 5.76. The number of ether oxygens (including phenoxy) is 1. The molecule has 1 nitrogen and oxygen atoms in total. The van der Waals surface area contributed by atoms with Gasteiger partial charge in [0.05, 0.1) is 8.07 Å². The summed E-state index contributed by atoms with van der Waals surface area (Å²) in [5, 5.41) is 1.44. The molecular weight excluding hydrogens is 352 g/mol. The van der Waals surface area contributed by atoms with E-state index in [9.17, 15) is 0 Å². The number of aryl methyl sites for hydroxylation is 3. The van der Waals surface area contributed by atoms with Crippen LogP contribution in [0, 0.1) is 20.8 Å². The Morgan fingerprint density at radius 1 is 1.12 bits per heavy atom. The fourth-order valence-electron chi connectivity index (χ4n) is 4.46. The van der Waals surface area contributed by atoms with Crippen LogP contribution in [0.15, 0.2) is 36.4 Å². The normalized spacial score (nSPS) is 16.8. The molecule has 0 fully saturated rings. The van der Waals surface area contributed by atoms with Crippen LogP contribution >= 0.6 is 11.3 Å². The van der Waals surface area contributed by atoms with Gasteiger partial charge >= 0.3 is 0 Å². The maximum Gasteiger partial charge on any atom is 0.121 e. The molecule has 0 bridgehead atoms. The number of thiophene rings is 1. The van der Waals surface area contributed by atoms with Gasteiger partial charge in [0, 0.05) is 15.3 Å². The lowest BCUT2D eigenvalue weighted by Gasteiger charge is -2.34. The number of fused-ring (bicyclic) bond motifs is 1. The molecule has 3 rings (SSSR count). The summed E-state index contributed by atoms with van der Waals surface area (Å²) < 4.78 is 6.18. The highest BCUT2D eigenvalue weighted by molar-refractivity contribution is 7.13. The van der Waals surface area contributed by atoms with Crippen LogP contribution in [0.4, 0.5) is 0 Å². The van der Waals surface area contributed by atoms with E-state index >= 15 is 0 Å². The van der Waals surface area contributed by atoms with E-state index in [1.165, 1.54) is 32.3 Å². The highest BCUT2D eigenvalue weighted by Gasteiger charge is 2.43. The summed E-state index contributed by atoms with van der Waals surface area (Å²) in [4.78, 5) is 2.99. The second kappa shape index (κ2) is 6.86. The number of benzene rings is 1. The van der Waals surface area contributed by atoms with Gasteiger partial charge in [-0.3, -0.25) is 0 Å². The Morgan fingerprint density at radius 2 is 1.81 bits per heavy atom. The van der Waals surface area contributed by atoms with Gasteiger partial charge in [-0.1, -0.05) is 49.0 Å². The number of hydrogen-bond donors (Lipinski definition) is 0. The van der Waals surface area contributed by atoms with Crippen LogP contribution in [-0.4, -0.2) is 14.7 Å². The molecule has 1 aromatic carbocycles. The Balaban J connectivity index is 2.19. The second-order valence-corrected chi connectivity index (χ2v) is 14.0. The maximum absolute atomic E-state index is 6.18. The van der Waals surface area contributed by atoms with Gasteiger partial charge in [0.15, 0.2) is 0 Å². The molecule has 1 aliphatic carbocycles. The van der Waals surface area contributed by atoms with Crippen molar-refractivity contribution in [1.29, 1.82) is 0 Å². The Labute approximate surface area is 163 Å². The predicted molar refractivity (Wildman–Crippen MR) is 119 cm³/mol. The lowest BCUT2D eigenvalue weighted by atomic mass is 10.1. The highest BCUT2D eigenvalue weighted by atomic mass is 32.1. The average Bonchev–Trinajstić information content (AvgIpc) is 3.03. The van der Waals surface area contributed by atoms with Crippen molar-refractivity contribution in [2.45, 2.75) is 53.3 Å². The van der Waals surface area contributed by atoms with Crippen molar-refractivity contribution in [1.82, 2.24) is 0 Å². The molecule has 0 saturated carbocycles. The maximum atomic E-state index is 6.18. The van der Waals surface area contributed by atoms with Crippen molar-refractivity contribution >= 4 is 30.2 Å². The SMILES string of the molecule is C=CCOc1c(C)cc(C)cc1[Si](C)(C)C1C(C)=C(C)c2cc(C)sc21. The summed E-state index contributed by atoms with van der Waals surface area (Å²) in [6, 6.07) is 6.98. The van der Waals surface area contributed by atoms with E-state index in [0.717, 1.165) is 5.75 Å². The van der Waals surface area contributed by atoms with E-state index in [2.05, 4.69) is 72.5 Å². The van der Waals surface area contributed by atoms with Crippen LogP contribution in [0.25, 0.3) is 5.57 Å². The molecule has 0 spiro atoms. The van der Waals surface area contributed by atoms with Crippen molar-refractivity contribution in [2.75, 3.05) is 6.61 Å². The number of hydrogen-bond acceptors (Lipinski definition) is 2. The third-order valence-corrected chi connectivity index (χ3v) is 11.0. The Kier molecular flexibility index (Phi) is 5.06. The first-order valence-corrected chi connectivity index (χ1v) is 13.2. The van der Waals surface area contributed by atoms with Crippen molar-refractivity contribution in [3.8, 4) is 5.75 Å². The van der Waals surface area contributed by atoms with Crippen LogP contribution in [0.5, 0.6) is 5.75 Å². The van der Waals surface area contributed by atoms with Gasteiger partial charge in [-0.05, 0) is 62.6 Å². The molecule has 0 saturated heterocycles. The highest BCUT2D eigenvalue weighted by Crippen LogP contribution is 2.50. The predicted octanol–water partition coefficient (Wildman–Crippen LogP) is 6.28. The molecule has 0 aliphatic heterocycles. The van der Waals surface area contributed by atoms with Gasteiger partial charge in [0.1, 0.15) is 12.4 Å². The molecule has 0 amide bonds. The Hall–Kier alpha value is -1.58. The number of allylic oxidation sites excluding steroid dienone is 2. The number of rotatable bonds is 5. The fourth-order valence-corrected chi connectivity index (χ4v) is 10.5. The van der Waals surface area contributed by atoms with Crippen LogP contribution in [-0.2, 0) is 0 Å². The summed E-state index contributed by atoms with van der Waals surface area (Å²) in [6.07, 6.45) is 1.84. The summed E-state index contributed by atoms with van der Waals surface area (Å²) in [6.45, 7) is 20.6. The van der Waals surface area contributed by atoms with Crippen LogP contribution < -0.4 is 9.92 Å². The largest absolute Gasteiger partial charge is 0.489 e. The molecule has 0 radical (unpaired) electrons. The zero-order chi connectivity index (χ0) is 19.2. The van der Waals surface area contributed by atoms with Gasteiger partial charge in [0.25, 0.3) is 0 Å². The molecule has 0 N–H and O–H groups in total. The van der Waals surface area contributed by atoms with E-state index in [1.807, 2.05) is 17.4 Å². The average molecular weight is 383 g/mol. The summed E-state index contributed by atoms with van der Waals surface area (Å²) >= 11 is 1.98. The first kappa shape index (κ1) is 19.2. The van der Waals surface area contributed by atoms with Gasteiger partial charge in [0.2, 0.25) is 0 Å². The van der Waals surface area contributed by atoms with Crippen LogP contribution in [0.3, 0.4) is 0 Å². The van der Waals surface area contributed by atoms with Crippen molar-refractivity contribution in [3.63, 3.8) is 0 Å². The Bertz CT molecular complexity index is 901. The standard InChI is InChI=1S/C23H30OSSi/c1-9-10-24-21-15(3)11-14(2)12-20(21)26(7,8)23-18(6)17(5)19-13-16(4)25-22(19)23/h9,11-13,23H,1,10H2,2-8H3. The van der Waals surface area contributed by atoms with E-state index < -0.39 is 8.07 Å². The van der Waals surface area contributed by atoms with Crippen molar-refractivity contribution in [3.05, 3.63) is 62.9 Å². The molecule has 1 aromatic heterocycles. The van der Waals surface area contributed by atoms with Gasteiger partial charge in [-0.15, -0.1) is 11.3 Å². The summed E-state index contributed by atoms with van der Waals surface area (Å²) in [7, 11) is -1.85. The molecule has 3 heteroatoms. The van der Waals surface area contributed by atoms with E-state index in [4.69, 9.17) is 4.74 Å². The third kappa shape index (κ3) is 3.01. The molecule has 1 unspecified atom stereocenters. The minimum Gasteiger partial charge on any atom is -0.489 e. The summed E-state index contributed by atoms with van der Waals surface area (Å²) in [5.41, 5.74) is 7.60. The quantitative estimate of drug-likeness (QED) is 0.436. The first-order chi connectivity index (χ1) is 12.2. The van der Waals surface area contributed by atoms with Gasteiger partial charge < -0.3 is 4.74 Å². The zero-order valence-electron chi connectivity index (χ0n) is 17.1. The molecule has 26 heavy (non-hydrogen) atoms. The summed E-state index contributed by atoms with van der Waals surface area (Å²) in [5.74, 6) is 1.08. The molecular formula is C23H30OSSi. The van der Waals surface area contributed by atoms with Crippen LogP contribution in [0.2, 0.25) is 13.1 Å². The minimum atomic E-state index is -1.85. The van der Waals surface area contributed by atoms with Gasteiger partial charge in [-0.2, -0.15) is 0 Å². The second-order valence-electron chi connectivity index (χ2n) is 8.16. The molecule has 1 aliphatic rings. The molecule has 2 aromatic rings. The first-order valence-electron chi connectivity index (χ1n) is 9.32. The molecule has 1 atom stereocenters. The minimum absolute atomic E-state index is 0.531. The Morgan fingerprint density at radius 3 is 2.46 bits per heavy atom. The van der Waals surface area contributed by atoms with Crippen LogP contribution in [0.1, 0.15) is 45.8 Å². The van der Waals surface area contributed by atoms with Crippen molar-refractivity contribution < 1.29 is 4.74 Å². The van der Waals surface area contributed by atoms with Crippen molar-refractivity contribution in [2.24, 2.45) is 0 Å². The van der Waals surface area contributed by atoms with E-state index in [0.29, 0.717) is 12.1 Å². The van der Waals surface area contributed by atoms with E-state index in [-0.39, 0.29) is 0 Å². The lowest BCUT2D eigenvalue weighted by Crippen LogP contribution is -2.48. The fraction of sp³-hybridized carbons (Fsp3) is 0.391. The molecule has 1 heterocycles. The molecule has 138 valence electrons. The topological polar surface area (TPSA) is 9.23 Å². The monoisotopic (exact) mass is 382 g/mol. The lowest BCUT2D eigenvalue weighted by molar-refractivity contribution is 0.363. The van der Waals surface area contributed by atoms with Gasteiger partial charge in [-0.25, -0.2) is 0 Å². The smallest absolute Gasteiger partial charge is 0.121 e. The van der Waals surface area contributed by atoms with E-state index in [1.54, 1.807) is 10.5 Å². The zero-order valence-corrected chi connectivity index (χ0v) is 18.9.